The zero-order chi connectivity index (χ0) is 19.0. The summed E-state index contributed by atoms with van der Waals surface area (Å²) in [5.41, 5.74) is 4.69. The molecule has 5 heteroatoms. The molecule has 1 saturated heterocycles. The summed E-state index contributed by atoms with van der Waals surface area (Å²) in [5, 5.41) is 29.4. The van der Waals surface area contributed by atoms with Crippen LogP contribution < -0.4 is 0 Å². The highest BCUT2D eigenvalue weighted by molar-refractivity contribution is 5.86. The number of piperidine rings is 1. The van der Waals surface area contributed by atoms with Crippen molar-refractivity contribution in [2.24, 2.45) is 0 Å². The summed E-state index contributed by atoms with van der Waals surface area (Å²) in [6.07, 6.45) is 2.36. The molecule has 2 heterocycles. The molecule has 0 amide bonds. The van der Waals surface area contributed by atoms with Crippen molar-refractivity contribution in [3.8, 4) is 23.1 Å². The van der Waals surface area contributed by atoms with Gasteiger partial charge in [-0.15, -0.1) is 10.2 Å². The van der Waals surface area contributed by atoms with Crippen LogP contribution in [0.15, 0.2) is 36.4 Å². The minimum atomic E-state index is 0.0604. The van der Waals surface area contributed by atoms with Gasteiger partial charge in [-0.1, -0.05) is 18.2 Å². The van der Waals surface area contributed by atoms with Crippen LogP contribution in [0.4, 0.5) is 0 Å². The summed E-state index contributed by atoms with van der Waals surface area (Å²) in [6.45, 7) is 4.06. The van der Waals surface area contributed by atoms with Gasteiger partial charge in [0.25, 0.3) is 0 Å². The van der Waals surface area contributed by atoms with Crippen molar-refractivity contribution in [2.45, 2.75) is 25.7 Å². The van der Waals surface area contributed by atoms with E-state index in [0.717, 1.165) is 29.6 Å². The van der Waals surface area contributed by atoms with Crippen LogP contribution in [0.3, 0.4) is 0 Å². The first-order valence-electron chi connectivity index (χ1n) is 9.26. The third kappa shape index (κ3) is 3.24. The molecule has 1 aliphatic rings. The summed E-state index contributed by atoms with van der Waals surface area (Å²) in [7, 11) is 2.16. The van der Waals surface area contributed by atoms with E-state index in [1.165, 1.54) is 24.5 Å². The van der Waals surface area contributed by atoms with E-state index in [9.17, 15) is 5.11 Å². The smallest absolute Gasteiger partial charge is 0.126 e. The van der Waals surface area contributed by atoms with Crippen LogP contribution in [0.5, 0.6) is 5.75 Å². The lowest BCUT2D eigenvalue weighted by Gasteiger charge is -2.30. The first-order valence-corrected chi connectivity index (χ1v) is 9.26. The number of fused-ring (bicyclic) bond motifs is 1. The van der Waals surface area contributed by atoms with Crippen molar-refractivity contribution in [2.75, 3.05) is 20.1 Å². The maximum Gasteiger partial charge on any atom is 0.126 e. The first kappa shape index (κ1) is 17.4. The Morgan fingerprint density at radius 3 is 2.81 bits per heavy atom. The molecule has 2 aromatic carbocycles. The Balaban J connectivity index is 1.80. The number of nitriles is 1. The molecular weight excluding hydrogens is 336 g/mol. The van der Waals surface area contributed by atoms with Crippen molar-refractivity contribution in [3.63, 3.8) is 0 Å². The highest BCUT2D eigenvalue weighted by Crippen LogP contribution is 2.35. The van der Waals surface area contributed by atoms with Gasteiger partial charge in [0.15, 0.2) is 0 Å². The van der Waals surface area contributed by atoms with E-state index in [1.54, 1.807) is 6.07 Å². The van der Waals surface area contributed by atoms with E-state index in [-0.39, 0.29) is 5.75 Å². The second kappa shape index (κ2) is 6.98. The van der Waals surface area contributed by atoms with Gasteiger partial charge in [-0.2, -0.15) is 5.26 Å². The third-order valence-electron chi connectivity index (χ3n) is 5.41. The number of aromatic nitrogens is 2. The molecule has 1 atom stereocenters. The molecule has 27 heavy (non-hydrogen) atoms. The topological polar surface area (TPSA) is 73.0 Å². The number of hydrogen-bond donors (Lipinski definition) is 1. The molecule has 1 N–H and O–H groups in total. The molecule has 4 rings (SSSR count). The quantitative estimate of drug-likeness (QED) is 0.750. The highest BCUT2D eigenvalue weighted by Gasteiger charge is 2.22. The predicted molar refractivity (Wildman–Crippen MR) is 106 cm³/mol. The molecule has 0 unspecified atom stereocenters. The van der Waals surface area contributed by atoms with Crippen molar-refractivity contribution in [1.29, 1.82) is 5.26 Å². The van der Waals surface area contributed by atoms with E-state index in [1.807, 2.05) is 19.1 Å². The number of phenols is 1. The fourth-order valence-corrected chi connectivity index (χ4v) is 4.13. The number of nitrogens with zero attached hydrogens (tertiary/aromatic N) is 4. The monoisotopic (exact) mass is 358 g/mol. The van der Waals surface area contributed by atoms with Crippen molar-refractivity contribution < 1.29 is 5.11 Å². The van der Waals surface area contributed by atoms with Crippen LogP contribution in [0.25, 0.3) is 22.2 Å². The molecule has 1 aliphatic heterocycles. The number of benzene rings is 2. The fourth-order valence-electron chi connectivity index (χ4n) is 4.13. The van der Waals surface area contributed by atoms with E-state index >= 15 is 0 Å². The number of likely N-dealkylation sites (N-methyl/N-ethyl adjacent to an activating group) is 1. The maximum absolute atomic E-state index is 10.4. The van der Waals surface area contributed by atoms with Crippen LogP contribution in [0.1, 0.15) is 35.4 Å². The van der Waals surface area contributed by atoms with Gasteiger partial charge in [0.2, 0.25) is 0 Å². The van der Waals surface area contributed by atoms with E-state index in [4.69, 9.17) is 5.26 Å². The second-order valence-corrected chi connectivity index (χ2v) is 7.42. The first-order chi connectivity index (χ1) is 13.1. The molecule has 3 aromatic rings. The third-order valence-corrected chi connectivity index (χ3v) is 5.41. The van der Waals surface area contributed by atoms with Crippen molar-refractivity contribution in [3.05, 3.63) is 53.1 Å². The number of aryl methyl sites for hydroxylation is 1. The van der Waals surface area contributed by atoms with Crippen LogP contribution in [-0.4, -0.2) is 40.3 Å². The molecule has 0 saturated carbocycles. The Bertz CT molecular complexity index is 1030. The molecule has 0 bridgehead atoms. The summed E-state index contributed by atoms with van der Waals surface area (Å²) >= 11 is 0. The van der Waals surface area contributed by atoms with Gasteiger partial charge in [0.05, 0.1) is 22.8 Å². The lowest BCUT2D eigenvalue weighted by Crippen LogP contribution is -2.30. The van der Waals surface area contributed by atoms with Gasteiger partial charge in [0, 0.05) is 17.5 Å². The standard InChI is InChI=1S/C22H22N4O/c1-14-9-15(12-23)10-20(27)21(14)19-11-16-5-3-7-18(22(16)25-24-19)17-6-4-8-26(2)13-17/h3,5,7,9-11,17,27H,4,6,8,13H2,1-2H3/t17-/m1/s1. The largest absolute Gasteiger partial charge is 0.507 e. The van der Waals surface area contributed by atoms with E-state index in [0.29, 0.717) is 22.7 Å². The van der Waals surface area contributed by atoms with Crippen LogP contribution >= 0.6 is 0 Å². The minimum absolute atomic E-state index is 0.0604. The van der Waals surface area contributed by atoms with Crippen LogP contribution in [0.2, 0.25) is 0 Å². The molecule has 0 aliphatic carbocycles. The molecule has 5 nitrogen and oxygen atoms in total. The molecule has 0 radical (unpaired) electrons. The number of hydrogen-bond acceptors (Lipinski definition) is 5. The highest BCUT2D eigenvalue weighted by atomic mass is 16.3. The van der Waals surface area contributed by atoms with E-state index < -0.39 is 0 Å². The summed E-state index contributed by atoms with van der Waals surface area (Å²) in [6, 6.07) is 13.5. The minimum Gasteiger partial charge on any atom is -0.507 e. The molecular formula is C22H22N4O. The maximum atomic E-state index is 10.4. The van der Waals surface area contributed by atoms with Gasteiger partial charge in [-0.3, -0.25) is 0 Å². The zero-order valence-corrected chi connectivity index (χ0v) is 15.6. The Kier molecular flexibility index (Phi) is 4.51. The van der Waals surface area contributed by atoms with Crippen molar-refractivity contribution >= 4 is 10.9 Å². The summed E-state index contributed by atoms with van der Waals surface area (Å²) in [4.78, 5) is 2.37. The van der Waals surface area contributed by atoms with Crippen LogP contribution in [0, 0.1) is 18.3 Å². The molecule has 0 spiro atoms. The summed E-state index contributed by atoms with van der Waals surface area (Å²) in [5.74, 6) is 0.530. The Labute approximate surface area is 158 Å². The average molecular weight is 358 g/mol. The zero-order valence-electron chi connectivity index (χ0n) is 15.6. The van der Waals surface area contributed by atoms with Gasteiger partial charge in [-0.25, -0.2) is 0 Å². The molecule has 1 fully saturated rings. The van der Waals surface area contributed by atoms with E-state index in [2.05, 4.69) is 40.3 Å². The fraction of sp³-hybridized carbons (Fsp3) is 0.318. The molecule has 136 valence electrons. The Hall–Kier alpha value is -2.97. The average Bonchev–Trinajstić information content (AvgIpc) is 2.66. The van der Waals surface area contributed by atoms with Crippen LogP contribution in [-0.2, 0) is 0 Å². The normalized spacial score (nSPS) is 17.7. The Morgan fingerprint density at radius 1 is 1.22 bits per heavy atom. The number of rotatable bonds is 2. The number of phenolic OH excluding ortho intramolecular Hbond substituents is 1. The Morgan fingerprint density at radius 2 is 2.07 bits per heavy atom. The number of likely N-dealkylation sites (tertiary alicyclic amines) is 1. The SMILES string of the molecule is Cc1cc(C#N)cc(O)c1-c1cc2cccc([C@@H]3CCCN(C)C3)c2nn1. The number of aromatic hydroxyl groups is 1. The lowest BCUT2D eigenvalue weighted by molar-refractivity contribution is 0.251. The van der Waals surface area contributed by atoms with Gasteiger partial charge < -0.3 is 10.0 Å². The van der Waals surface area contributed by atoms with Gasteiger partial charge >= 0.3 is 0 Å². The summed E-state index contributed by atoms with van der Waals surface area (Å²) < 4.78 is 0. The lowest BCUT2D eigenvalue weighted by atomic mass is 9.89. The predicted octanol–water partition coefficient (Wildman–Crippen LogP) is 3.99. The molecule has 1 aromatic heterocycles. The second-order valence-electron chi connectivity index (χ2n) is 7.42. The van der Waals surface area contributed by atoms with Crippen molar-refractivity contribution in [1.82, 2.24) is 15.1 Å². The van der Waals surface area contributed by atoms with Gasteiger partial charge in [0.1, 0.15) is 5.75 Å². The van der Waals surface area contributed by atoms with Gasteiger partial charge in [-0.05, 0) is 68.6 Å².